The number of hydrogen-bond acceptors (Lipinski definition) is 4. The van der Waals surface area contributed by atoms with Crippen LogP contribution in [0.2, 0.25) is 18.1 Å². The first-order valence-corrected chi connectivity index (χ1v) is 13.6. The third-order valence-electron chi connectivity index (χ3n) is 6.11. The van der Waals surface area contributed by atoms with Crippen LogP contribution in [0.15, 0.2) is 43.0 Å². The van der Waals surface area contributed by atoms with Crippen molar-refractivity contribution in [1.82, 2.24) is 4.90 Å². The minimum atomic E-state index is -2.03. The number of hydrogen-bond donors (Lipinski definition) is 0. The minimum absolute atomic E-state index is 0.0287. The van der Waals surface area contributed by atoms with Gasteiger partial charge in [0.2, 0.25) is 5.91 Å². The molecule has 0 aliphatic carbocycles. The van der Waals surface area contributed by atoms with Gasteiger partial charge in [-0.15, -0.1) is 6.58 Å². The van der Waals surface area contributed by atoms with Crippen LogP contribution in [0.4, 0.5) is 0 Å². The van der Waals surface area contributed by atoms with E-state index in [-0.39, 0.29) is 34.2 Å². The van der Waals surface area contributed by atoms with Crippen molar-refractivity contribution in [3.05, 3.63) is 48.6 Å². The van der Waals surface area contributed by atoms with Gasteiger partial charge in [0.1, 0.15) is 6.61 Å². The molecule has 0 aromatic heterocycles. The van der Waals surface area contributed by atoms with Crippen molar-refractivity contribution in [2.75, 3.05) is 6.61 Å². The minimum Gasteiger partial charge on any atom is -0.468 e. The highest BCUT2D eigenvalue weighted by Crippen LogP contribution is 2.39. The van der Waals surface area contributed by atoms with E-state index in [1.165, 1.54) is 0 Å². The predicted molar refractivity (Wildman–Crippen MR) is 125 cm³/mol. The molecule has 4 nitrogen and oxygen atoms in total. The van der Waals surface area contributed by atoms with E-state index >= 15 is 0 Å². The van der Waals surface area contributed by atoms with Crippen molar-refractivity contribution in [3.8, 4) is 0 Å². The second-order valence-corrected chi connectivity index (χ2v) is 14.5. The molecule has 3 atom stereocenters. The van der Waals surface area contributed by atoms with E-state index in [9.17, 15) is 4.79 Å². The summed E-state index contributed by atoms with van der Waals surface area (Å²) in [6.07, 6.45) is 2.96. The van der Waals surface area contributed by atoms with Gasteiger partial charge in [-0.05, 0) is 48.8 Å². The smallest absolute Gasteiger partial charge is 0.266 e. The second-order valence-electron chi connectivity index (χ2n) is 9.36. The molecule has 2 rings (SSSR count). The Hall–Kier alpha value is -1.50. The summed E-state index contributed by atoms with van der Waals surface area (Å²) < 4.78 is 12.2. The Kier molecular flexibility index (Phi) is 7.82. The molecule has 1 amide bonds. The predicted octanol–water partition coefficient (Wildman–Crippen LogP) is 5.34. The number of nitrogens with zero attached hydrogens (tertiary/aromatic N) is 1. The van der Waals surface area contributed by atoms with Crippen LogP contribution in [0.25, 0.3) is 0 Å². The Morgan fingerprint density at radius 2 is 2.00 bits per heavy atom. The van der Waals surface area contributed by atoms with Gasteiger partial charge in [0.05, 0.1) is 18.1 Å². The molecule has 160 valence electrons. The molecule has 1 saturated heterocycles. The maximum Gasteiger partial charge on any atom is 0.266 e. The van der Waals surface area contributed by atoms with Gasteiger partial charge in [-0.1, -0.05) is 64.1 Å². The van der Waals surface area contributed by atoms with Crippen LogP contribution in [0.1, 0.15) is 39.7 Å². The maximum absolute atomic E-state index is 13.5. The highest BCUT2D eigenvalue weighted by atomic mass is 32.1. The maximum atomic E-state index is 13.5. The van der Waals surface area contributed by atoms with Gasteiger partial charge < -0.3 is 9.16 Å². The highest BCUT2D eigenvalue weighted by molar-refractivity contribution is 7.80. The molecule has 0 bridgehead atoms. The first-order valence-electron chi connectivity index (χ1n) is 10.3. The first-order chi connectivity index (χ1) is 13.5. The van der Waals surface area contributed by atoms with E-state index < -0.39 is 8.32 Å². The van der Waals surface area contributed by atoms with Crippen LogP contribution in [-0.4, -0.2) is 43.1 Å². The van der Waals surface area contributed by atoms with Gasteiger partial charge in [-0.3, -0.25) is 9.69 Å². The van der Waals surface area contributed by atoms with Gasteiger partial charge in [0, 0.05) is 0 Å². The van der Waals surface area contributed by atoms with Gasteiger partial charge in [-0.2, -0.15) is 0 Å². The van der Waals surface area contributed by atoms with E-state index in [1.54, 1.807) is 4.90 Å². The summed E-state index contributed by atoms with van der Waals surface area (Å²) in [5.41, 5.74) is 1.16. The molecule has 6 heteroatoms. The zero-order valence-electron chi connectivity index (χ0n) is 18.6. The SMILES string of the molecule is C=CC[C@H](O[Si](C)(C)C(C)(C)C)[C@@H](C)C(=O)N1C(=S)OC[C@@H]1Cc1ccccc1. The van der Waals surface area contributed by atoms with E-state index in [4.69, 9.17) is 21.4 Å². The molecule has 1 aromatic carbocycles. The average molecular weight is 434 g/mol. The van der Waals surface area contributed by atoms with Crippen molar-refractivity contribution in [2.45, 2.75) is 70.8 Å². The molecule has 1 aliphatic rings. The van der Waals surface area contributed by atoms with Crippen molar-refractivity contribution < 1.29 is 14.0 Å². The van der Waals surface area contributed by atoms with Crippen LogP contribution in [0.3, 0.4) is 0 Å². The second kappa shape index (κ2) is 9.54. The van der Waals surface area contributed by atoms with Crippen molar-refractivity contribution in [2.24, 2.45) is 5.92 Å². The molecular formula is C23H35NO3SSi. The topological polar surface area (TPSA) is 38.8 Å². The standard InChI is InChI=1S/C23H35NO3SSi/c1-8-12-20(27-29(6,7)23(3,4)5)17(2)21(25)24-19(16-26-22(24)28)15-18-13-10-9-11-14-18/h8-11,13-14,17,19-20H,1,12,15-16H2,2-7H3/t17-,19+,20+/m1/s1. The molecule has 1 fully saturated rings. The van der Waals surface area contributed by atoms with Crippen molar-refractivity contribution >= 4 is 31.6 Å². The lowest BCUT2D eigenvalue weighted by Crippen LogP contribution is -2.50. The first kappa shape index (κ1) is 23.8. The van der Waals surface area contributed by atoms with Crippen LogP contribution in [0.5, 0.6) is 0 Å². The average Bonchev–Trinajstić information content (AvgIpc) is 3.00. The van der Waals surface area contributed by atoms with E-state index in [0.717, 1.165) is 5.56 Å². The molecule has 1 aliphatic heterocycles. The van der Waals surface area contributed by atoms with E-state index in [2.05, 4.69) is 52.6 Å². The van der Waals surface area contributed by atoms with Crippen molar-refractivity contribution in [1.29, 1.82) is 0 Å². The Morgan fingerprint density at radius 3 is 2.55 bits per heavy atom. The fourth-order valence-corrected chi connectivity index (χ4v) is 4.94. The number of carbonyl (C=O) groups is 1. The molecule has 1 aromatic rings. The van der Waals surface area contributed by atoms with Gasteiger partial charge >= 0.3 is 0 Å². The lowest BCUT2D eigenvalue weighted by Gasteiger charge is -2.41. The lowest BCUT2D eigenvalue weighted by molar-refractivity contribution is -0.135. The number of rotatable bonds is 8. The Labute approximate surface area is 182 Å². The third kappa shape index (κ3) is 5.77. The largest absolute Gasteiger partial charge is 0.468 e. The molecule has 0 N–H and O–H groups in total. The van der Waals surface area contributed by atoms with Gasteiger partial charge in [0.25, 0.3) is 5.17 Å². The molecule has 0 unspecified atom stereocenters. The summed E-state index contributed by atoms with van der Waals surface area (Å²) in [7, 11) is -2.03. The lowest BCUT2D eigenvalue weighted by atomic mass is 9.98. The number of amides is 1. The summed E-state index contributed by atoms with van der Waals surface area (Å²) >= 11 is 5.38. The molecule has 0 radical (unpaired) electrons. The molecule has 1 heterocycles. The Balaban J connectivity index is 2.19. The van der Waals surface area contributed by atoms with Crippen LogP contribution < -0.4 is 0 Å². The molecule has 0 spiro atoms. The van der Waals surface area contributed by atoms with Gasteiger partial charge in [0.15, 0.2) is 8.32 Å². The summed E-state index contributed by atoms with van der Waals surface area (Å²) in [6, 6.07) is 10.0. The fourth-order valence-electron chi connectivity index (χ4n) is 3.22. The molecule has 0 saturated carbocycles. The highest BCUT2D eigenvalue weighted by Gasteiger charge is 2.43. The number of ether oxygens (including phenoxy) is 1. The summed E-state index contributed by atoms with van der Waals surface area (Å²) in [4.78, 5) is 15.1. The monoisotopic (exact) mass is 433 g/mol. The van der Waals surface area contributed by atoms with E-state index in [0.29, 0.717) is 19.4 Å². The number of thiocarbonyl (C=S) groups is 1. The van der Waals surface area contributed by atoms with Crippen LogP contribution in [-0.2, 0) is 20.4 Å². The zero-order valence-corrected chi connectivity index (χ0v) is 20.4. The van der Waals surface area contributed by atoms with Crippen LogP contribution >= 0.6 is 12.2 Å². The Bertz CT molecular complexity index is 729. The van der Waals surface area contributed by atoms with Crippen molar-refractivity contribution in [3.63, 3.8) is 0 Å². The summed E-state index contributed by atoms with van der Waals surface area (Å²) in [6.45, 7) is 17.3. The third-order valence-corrected chi connectivity index (χ3v) is 10.9. The quantitative estimate of drug-likeness (QED) is 0.315. The number of benzene rings is 1. The van der Waals surface area contributed by atoms with Crippen LogP contribution in [0, 0.1) is 5.92 Å². The van der Waals surface area contributed by atoms with Gasteiger partial charge in [-0.25, -0.2) is 0 Å². The normalized spacial score (nSPS) is 19.6. The fraction of sp³-hybridized carbons (Fsp3) is 0.565. The summed E-state index contributed by atoms with van der Waals surface area (Å²) in [5, 5.41) is 0.337. The van der Waals surface area contributed by atoms with E-state index in [1.807, 2.05) is 31.2 Å². The molecular weight excluding hydrogens is 398 g/mol. The summed E-state index contributed by atoms with van der Waals surface area (Å²) in [5.74, 6) is -0.362. The number of carbonyl (C=O) groups excluding carboxylic acids is 1. The zero-order chi connectivity index (χ0) is 21.8. The molecule has 29 heavy (non-hydrogen) atoms. The Morgan fingerprint density at radius 1 is 1.38 bits per heavy atom.